The van der Waals surface area contributed by atoms with Crippen molar-refractivity contribution < 1.29 is 0 Å². The molecule has 0 N–H and O–H groups in total. The van der Waals surface area contributed by atoms with Crippen LogP contribution >= 0.6 is 12.6 Å². The molecule has 0 aliphatic rings. The molecule has 1 heteroatoms. The van der Waals surface area contributed by atoms with Crippen molar-refractivity contribution in [1.29, 1.82) is 0 Å². The molecular formula is C15H26S. The van der Waals surface area contributed by atoms with Crippen LogP contribution in [-0.4, -0.2) is 0 Å². The lowest BCUT2D eigenvalue weighted by molar-refractivity contribution is 0.656. The predicted molar refractivity (Wildman–Crippen MR) is 78.9 cm³/mol. The van der Waals surface area contributed by atoms with Crippen LogP contribution in [0, 0.1) is 5.92 Å². The van der Waals surface area contributed by atoms with E-state index in [4.69, 9.17) is 0 Å². The van der Waals surface area contributed by atoms with Gasteiger partial charge in [0.05, 0.1) is 0 Å². The van der Waals surface area contributed by atoms with Crippen molar-refractivity contribution in [2.45, 2.75) is 53.4 Å². The van der Waals surface area contributed by atoms with Crippen molar-refractivity contribution in [2.75, 3.05) is 0 Å². The van der Waals surface area contributed by atoms with Gasteiger partial charge >= 0.3 is 0 Å². The van der Waals surface area contributed by atoms with Crippen molar-refractivity contribution in [3.63, 3.8) is 0 Å². The van der Waals surface area contributed by atoms with Gasteiger partial charge in [-0.05, 0) is 57.8 Å². The third-order valence-electron chi connectivity index (χ3n) is 2.62. The molecule has 0 aliphatic heterocycles. The van der Waals surface area contributed by atoms with Crippen molar-refractivity contribution in [1.82, 2.24) is 0 Å². The minimum absolute atomic E-state index is 0.638. The molecule has 0 saturated heterocycles. The zero-order valence-electron chi connectivity index (χ0n) is 11.2. The summed E-state index contributed by atoms with van der Waals surface area (Å²) >= 11 is 4.09. The maximum atomic E-state index is 4.09. The van der Waals surface area contributed by atoms with Crippen molar-refractivity contribution in [3.05, 3.63) is 34.8 Å². The third-order valence-corrected chi connectivity index (χ3v) is 2.79. The maximum absolute atomic E-state index is 4.09. The summed E-state index contributed by atoms with van der Waals surface area (Å²) < 4.78 is 0. The lowest BCUT2D eigenvalue weighted by Gasteiger charge is -2.03. The summed E-state index contributed by atoms with van der Waals surface area (Å²) in [4.78, 5) is 0. The lowest BCUT2D eigenvalue weighted by atomic mass is 10.0. The minimum Gasteiger partial charge on any atom is -0.152 e. The van der Waals surface area contributed by atoms with Crippen molar-refractivity contribution in [3.8, 4) is 0 Å². The van der Waals surface area contributed by atoms with E-state index in [1.807, 2.05) is 5.41 Å². The summed E-state index contributed by atoms with van der Waals surface area (Å²) in [7, 11) is 0. The van der Waals surface area contributed by atoms with Gasteiger partial charge in [-0.2, -0.15) is 12.6 Å². The van der Waals surface area contributed by atoms with E-state index in [9.17, 15) is 0 Å². The summed E-state index contributed by atoms with van der Waals surface area (Å²) in [6.45, 7) is 8.78. The quantitative estimate of drug-likeness (QED) is 0.437. The zero-order chi connectivity index (χ0) is 12.4. The highest BCUT2D eigenvalue weighted by molar-refractivity contribution is 7.83. The molecule has 0 bridgehead atoms. The van der Waals surface area contributed by atoms with Crippen LogP contribution in [0.3, 0.4) is 0 Å². The van der Waals surface area contributed by atoms with E-state index in [-0.39, 0.29) is 0 Å². The standard InChI is InChI=1S/C15H26S/c1-13(2)7-5-8-14(3)9-6-10-15(4)11-12-16/h7,9,11-12,15-16H,5-6,8,10H2,1-4H3. The van der Waals surface area contributed by atoms with Gasteiger partial charge in [-0.3, -0.25) is 0 Å². The second kappa shape index (κ2) is 9.77. The smallest absolute Gasteiger partial charge is 0.0251 e. The fourth-order valence-corrected chi connectivity index (χ4v) is 1.82. The first-order valence-electron chi connectivity index (χ1n) is 6.16. The molecule has 0 aromatic carbocycles. The Morgan fingerprint density at radius 1 is 1.12 bits per heavy atom. The highest BCUT2D eigenvalue weighted by atomic mass is 32.1. The Kier molecular flexibility index (Phi) is 9.51. The second-order valence-electron chi connectivity index (χ2n) is 4.77. The fourth-order valence-electron chi connectivity index (χ4n) is 1.53. The first-order valence-corrected chi connectivity index (χ1v) is 6.67. The Morgan fingerprint density at radius 3 is 2.38 bits per heavy atom. The minimum atomic E-state index is 0.638. The monoisotopic (exact) mass is 238 g/mol. The molecule has 1 unspecified atom stereocenters. The Balaban J connectivity index is 3.74. The van der Waals surface area contributed by atoms with E-state index in [1.54, 1.807) is 0 Å². The van der Waals surface area contributed by atoms with E-state index in [0.29, 0.717) is 5.92 Å². The summed E-state index contributed by atoms with van der Waals surface area (Å²) in [6, 6.07) is 0. The molecule has 0 aliphatic carbocycles. The Hall–Kier alpha value is -0.430. The molecule has 0 saturated carbocycles. The molecule has 1 atom stereocenters. The summed E-state index contributed by atoms with van der Waals surface area (Å²) in [5.41, 5.74) is 2.93. The van der Waals surface area contributed by atoms with Gasteiger partial charge in [-0.15, -0.1) is 0 Å². The van der Waals surface area contributed by atoms with E-state index < -0.39 is 0 Å². The van der Waals surface area contributed by atoms with Crippen LogP contribution in [0.15, 0.2) is 34.8 Å². The number of hydrogen-bond donors (Lipinski definition) is 1. The van der Waals surface area contributed by atoms with Crippen molar-refractivity contribution >= 4 is 12.6 Å². The largest absolute Gasteiger partial charge is 0.152 e. The van der Waals surface area contributed by atoms with E-state index in [0.717, 1.165) is 0 Å². The SMILES string of the molecule is CC(C)=CCCC(C)=CCCC(C)C=CS. The summed E-state index contributed by atoms with van der Waals surface area (Å²) in [6.07, 6.45) is 11.6. The topological polar surface area (TPSA) is 0 Å². The molecule has 0 amide bonds. The van der Waals surface area contributed by atoms with Gasteiger partial charge in [0.2, 0.25) is 0 Å². The highest BCUT2D eigenvalue weighted by Gasteiger charge is 1.95. The van der Waals surface area contributed by atoms with Crippen LogP contribution in [0.2, 0.25) is 0 Å². The average Bonchev–Trinajstić information content (AvgIpc) is 2.17. The van der Waals surface area contributed by atoms with E-state index >= 15 is 0 Å². The van der Waals surface area contributed by atoms with Crippen LogP contribution < -0.4 is 0 Å². The molecule has 0 heterocycles. The molecule has 16 heavy (non-hydrogen) atoms. The van der Waals surface area contributed by atoms with Gasteiger partial charge in [-0.25, -0.2) is 0 Å². The predicted octanol–water partition coefficient (Wildman–Crippen LogP) is 5.54. The van der Waals surface area contributed by atoms with Crippen LogP contribution in [0.5, 0.6) is 0 Å². The lowest BCUT2D eigenvalue weighted by Crippen LogP contribution is -1.88. The van der Waals surface area contributed by atoms with Gasteiger partial charge in [0.15, 0.2) is 0 Å². The van der Waals surface area contributed by atoms with Gasteiger partial charge in [-0.1, -0.05) is 36.3 Å². The van der Waals surface area contributed by atoms with Crippen LogP contribution in [0.25, 0.3) is 0 Å². The first kappa shape index (κ1) is 15.6. The molecule has 92 valence electrons. The highest BCUT2D eigenvalue weighted by Crippen LogP contribution is 2.12. The molecule has 0 spiro atoms. The molecule has 0 radical (unpaired) electrons. The van der Waals surface area contributed by atoms with Gasteiger partial charge in [0, 0.05) is 0 Å². The third kappa shape index (κ3) is 10.1. The molecule has 0 rings (SSSR count). The Morgan fingerprint density at radius 2 is 1.81 bits per heavy atom. The summed E-state index contributed by atoms with van der Waals surface area (Å²) in [5, 5.41) is 1.84. The Bertz CT molecular complexity index is 255. The first-order chi connectivity index (χ1) is 7.56. The molecule has 0 fully saturated rings. The average molecular weight is 238 g/mol. The van der Waals surface area contributed by atoms with Crippen LogP contribution in [0.4, 0.5) is 0 Å². The summed E-state index contributed by atoms with van der Waals surface area (Å²) in [5.74, 6) is 0.638. The van der Waals surface area contributed by atoms with E-state index in [2.05, 4.69) is 58.6 Å². The number of allylic oxidation sites excluding steroid dienone is 5. The molecule has 0 nitrogen and oxygen atoms in total. The molecular weight excluding hydrogens is 212 g/mol. The second-order valence-corrected chi connectivity index (χ2v) is 5.06. The van der Waals surface area contributed by atoms with Gasteiger partial charge < -0.3 is 0 Å². The zero-order valence-corrected chi connectivity index (χ0v) is 12.1. The molecule has 0 aromatic rings. The van der Waals surface area contributed by atoms with E-state index in [1.165, 1.54) is 36.8 Å². The van der Waals surface area contributed by atoms with Crippen LogP contribution in [0.1, 0.15) is 53.4 Å². The number of rotatable bonds is 7. The number of hydrogen-bond acceptors (Lipinski definition) is 1. The number of thiol groups is 1. The normalized spacial score (nSPS) is 14.2. The van der Waals surface area contributed by atoms with Gasteiger partial charge in [0.25, 0.3) is 0 Å². The van der Waals surface area contributed by atoms with Gasteiger partial charge in [0.1, 0.15) is 0 Å². The van der Waals surface area contributed by atoms with Crippen molar-refractivity contribution in [2.24, 2.45) is 5.92 Å². The fraction of sp³-hybridized carbons (Fsp3) is 0.600. The molecule has 0 aromatic heterocycles. The maximum Gasteiger partial charge on any atom is -0.0251 e. The van der Waals surface area contributed by atoms with Crippen LogP contribution in [-0.2, 0) is 0 Å². The Labute approximate surface area is 107 Å².